The summed E-state index contributed by atoms with van der Waals surface area (Å²) in [5, 5.41) is 0.622. The number of hydrazine groups is 1. The minimum atomic E-state index is -0.117. The van der Waals surface area contributed by atoms with Gasteiger partial charge >= 0.3 is 0 Å². The van der Waals surface area contributed by atoms with Gasteiger partial charge in [-0.3, -0.25) is 10.8 Å². The van der Waals surface area contributed by atoms with E-state index in [2.05, 4.69) is 29.5 Å². The van der Waals surface area contributed by atoms with E-state index in [0.717, 1.165) is 17.7 Å². The molecule has 2 rings (SSSR count). The zero-order chi connectivity index (χ0) is 13.0. The van der Waals surface area contributed by atoms with Crippen LogP contribution in [0.2, 0.25) is 5.02 Å². The van der Waals surface area contributed by atoms with E-state index in [1.165, 1.54) is 5.56 Å². The third-order valence-corrected chi connectivity index (χ3v) is 3.13. The topological polar surface area (TPSA) is 50.9 Å². The van der Waals surface area contributed by atoms with Crippen LogP contribution < -0.4 is 11.3 Å². The first-order valence-corrected chi connectivity index (χ1v) is 6.28. The van der Waals surface area contributed by atoms with Crippen LogP contribution >= 0.6 is 11.6 Å². The smallest absolute Gasteiger partial charge is 0.0881 e. The van der Waals surface area contributed by atoms with Gasteiger partial charge in [-0.25, -0.2) is 5.43 Å². The van der Waals surface area contributed by atoms with Gasteiger partial charge in [0.2, 0.25) is 0 Å². The lowest BCUT2D eigenvalue weighted by atomic mass is 10.0. The van der Waals surface area contributed by atoms with Crippen molar-refractivity contribution >= 4 is 11.6 Å². The van der Waals surface area contributed by atoms with Gasteiger partial charge in [0.15, 0.2) is 0 Å². The Morgan fingerprint density at radius 2 is 2.17 bits per heavy atom. The summed E-state index contributed by atoms with van der Waals surface area (Å²) in [6.07, 6.45) is 2.63. The molecule has 2 aromatic rings. The van der Waals surface area contributed by atoms with Gasteiger partial charge in [0.25, 0.3) is 0 Å². The normalized spacial score (nSPS) is 12.4. The lowest BCUT2D eigenvalue weighted by Crippen LogP contribution is -2.29. The number of hydrogen-bond donors (Lipinski definition) is 2. The summed E-state index contributed by atoms with van der Waals surface area (Å²) in [6.45, 7) is 2.13. The van der Waals surface area contributed by atoms with Crippen LogP contribution in [0.5, 0.6) is 0 Å². The number of halogens is 1. The summed E-state index contributed by atoms with van der Waals surface area (Å²) in [7, 11) is 0. The van der Waals surface area contributed by atoms with Crippen molar-refractivity contribution in [3.8, 4) is 0 Å². The lowest BCUT2D eigenvalue weighted by Gasteiger charge is -2.16. The molecule has 94 valence electrons. The number of aryl methyl sites for hydroxylation is 1. The van der Waals surface area contributed by atoms with Crippen molar-refractivity contribution in [2.75, 3.05) is 0 Å². The van der Waals surface area contributed by atoms with Crippen molar-refractivity contribution in [2.24, 2.45) is 5.84 Å². The van der Waals surface area contributed by atoms with Crippen LogP contribution in [0, 0.1) is 0 Å². The average molecular weight is 262 g/mol. The van der Waals surface area contributed by atoms with Crippen molar-refractivity contribution in [3.63, 3.8) is 0 Å². The maximum atomic E-state index is 5.84. The SMILES string of the molecule is CCc1cccc(C(NN)c2ccc(Cl)cn2)c1. The Bertz CT molecular complexity index is 511. The minimum absolute atomic E-state index is 0.117. The zero-order valence-electron chi connectivity index (χ0n) is 10.2. The summed E-state index contributed by atoms with van der Waals surface area (Å²) in [5.41, 5.74) is 6.04. The van der Waals surface area contributed by atoms with Crippen LogP contribution in [0.4, 0.5) is 0 Å². The monoisotopic (exact) mass is 261 g/mol. The van der Waals surface area contributed by atoms with Crippen LogP contribution in [-0.2, 0) is 6.42 Å². The molecule has 0 aliphatic heterocycles. The van der Waals surface area contributed by atoms with Crippen molar-refractivity contribution in [3.05, 3.63) is 64.4 Å². The predicted molar refractivity (Wildman–Crippen MR) is 74.2 cm³/mol. The highest BCUT2D eigenvalue weighted by atomic mass is 35.5. The molecule has 3 nitrogen and oxygen atoms in total. The summed E-state index contributed by atoms with van der Waals surface area (Å²) in [5.74, 6) is 5.64. The van der Waals surface area contributed by atoms with E-state index < -0.39 is 0 Å². The average Bonchev–Trinajstić information content (AvgIpc) is 2.42. The van der Waals surface area contributed by atoms with Gasteiger partial charge in [-0.15, -0.1) is 0 Å². The molecule has 0 spiro atoms. The first-order valence-electron chi connectivity index (χ1n) is 5.91. The first-order chi connectivity index (χ1) is 8.74. The quantitative estimate of drug-likeness (QED) is 0.657. The maximum Gasteiger partial charge on any atom is 0.0881 e. The molecule has 4 heteroatoms. The number of aromatic nitrogens is 1. The molecule has 1 aromatic heterocycles. The highest BCUT2D eigenvalue weighted by Gasteiger charge is 2.13. The Kier molecular flexibility index (Phi) is 4.31. The van der Waals surface area contributed by atoms with Crippen LogP contribution in [0.1, 0.15) is 29.8 Å². The minimum Gasteiger partial charge on any atom is -0.271 e. The van der Waals surface area contributed by atoms with E-state index in [4.69, 9.17) is 17.4 Å². The number of hydrogen-bond acceptors (Lipinski definition) is 3. The van der Waals surface area contributed by atoms with E-state index in [0.29, 0.717) is 5.02 Å². The molecule has 1 unspecified atom stereocenters. The fraction of sp³-hybridized carbons (Fsp3) is 0.214. The number of pyridine rings is 1. The van der Waals surface area contributed by atoms with Gasteiger partial charge in [-0.2, -0.15) is 0 Å². The molecule has 18 heavy (non-hydrogen) atoms. The fourth-order valence-corrected chi connectivity index (χ4v) is 2.01. The molecule has 1 heterocycles. The van der Waals surface area contributed by atoms with Crippen LogP contribution in [-0.4, -0.2) is 4.98 Å². The molecule has 0 amide bonds. The van der Waals surface area contributed by atoms with Gasteiger partial charge in [0, 0.05) is 6.20 Å². The van der Waals surface area contributed by atoms with Crippen molar-refractivity contribution in [1.29, 1.82) is 0 Å². The van der Waals surface area contributed by atoms with E-state index in [1.54, 1.807) is 6.20 Å². The maximum absolute atomic E-state index is 5.84. The molecular weight excluding hydrogens is 246 g/mol. The van der Waals surface area contributed by atoms with Crippen molar-refractivity contribution in [2.45, 2.75) is 19.4 Å². The van der Waals surface area contributed by atoms with Crippen LogP contribution in [0.25, 0.3) is 0 Å². The first kappa shape index (κ1) is 13.0. The Morgan fingerprint density at radius 3 is 2.78 bits per heavy atom. The molecular formula is C14H16ClN3. The highest BCUT2D eigenvalue weighted by Crippen LogP contribution is 2.21. The molecule has 0 saturated carbocycles. The Morgan fingerprint density at radius 1 is 1.33 bits per heavy atom. The fourth-order valence-electron chi connectivity index (χ4n) is 1.90. The molecule has 3 N–H and O–H groups in total. The number of benzene rings is 1. The summed E-state index contributed by atoms with van der Waals surface area (Å²) >= 11 is 5.84. The predicted octanol–water partition coefficient (Wildman–Crippen LogP) is 2.85. The highest BCUT2D eigenvalue weighted by molar-refractivity contribution is 6.30. The summed E-state index contributed by atoms with van der Waals surface area (Å²) in [6, 6.07) is 11.9. The number of nitrogens with zero attached hydrogens (tertiary/aromatic N) is 1. The zero-order valence-corrected chi connectivity index (χ0v) is 11.0. The van der Waals surface area contributed by atoms with E-state index in [1.807, 2.05) is 24.3 Å². The van der Waals surface area contributed by atoms with Gasteiger partial charge in [-0.1, -0.05) is 42.8 Å². The second kappa shape index (κ2) is 5.96. The Balaban J connectivity index is 2.35. The van der Waals surface area contributed by atoms with Crippen molar-refractivity contribution < 1.29 is 0 Å². The lowest BCUT2D eigenvalue weighted by molar-refractivity contribution is 0.620. The summed E-state index contributed by atoms with van der Waals surface area (Å²) < 4.78 is 0. The third kappa shape index (κ3) is 2.88. The molecule has 0 bridgehead atoms. The van der Waals surface area contributed by atoms with E-state index in [-0.39, 0.29) is 6.04 Å². The molecule has 1 atom stereocenters. The molecule has 0 radical (unpaired) electrons. The molecule has 1 aromatic carbocycles. The van der Waals surface area contributed by atoms with Crippen LogP contribution in [0.3, 0.4) is 0 Å². The Hall–Kier alpha value is -1.42. The van der Waals surface area contributed by atoms with Gasteiger partial charge in [-0.05, 0) is 29.7 Å². The molecule has 0 saturated heterocycles. The van der Waals surface area contributed by atoms with E-state index >= 15 is 0 Å². The standard InChI is InChI=1S/C14H16ClN3/c1-2-10-4-3-5-11(8-10)14(18-16)13-7-6-12(15)9-17-13/h3-9,14,18H,2,16H2,1H3. The second-order valence-electron chi connectivity index (χ2n) is 4.10. The van der Waals surface area contributed by atoms with Crippen molar-refractivity contribution in [1.82, 2.24) is 10.4 Å². The number of nitrogens with two attached hydrogens (primary N) is 1. The molecule has 0 aliphatic rings. The largest absolute Gasteiger partial charge is 0.271 e. The number of nitrogens with one attached hydrogen (secondary N) is 1. The third-order valence-electron chi connectivity index (χ3n) is 2.91. The van der Waals surface area contributed by atoms with Gasteiger partial charge < -0.3 is 0 Å². The van der Waals surface area contributed by atoms with Crippen LogP contribution in [0.15, 0.2) is 42.6 Å². The molecule has 0 fully saturated rings. The van der Waals surface area contributed by atoms with E-state index in [9.17, 15) is 0 Å². The second-order valence-corrected chi connectivity index (χ2v) is 4.54. The summed E-state index contributed by atoms with van der Waals surface area (Å²) in [4.78, 5) is 4.31. The Labute approximate surface area is 112 Å². The molecule has 0 aliphatic carbocycles. The van der Waals surface area contributed by atoms with Gasteiger partial charge in [0.1, 0.15) is 0 Å². The van der Waals surface area contributed by atoms with Gasteiger partial charge in [0.05, 0.1) is 16.8 Å². The number of rotatable bonds is 4.